The number of carbonyl (C=O) groups excluding carboxylic acids is 2. The van der Waals surface area contributed by atoms with E-state index in [1.165, 1.54) is 4.90 Å². The van der Waals surface area contributed by atoms with Gasteiger partial charge in [0.05, 0.1) is 17.2 Å². The Labute approximate surface area is 183 Å². The largest absolute Gasteiger partial charge is 0.507 e. The quantitative estimate of drug-likeness (QED) is 0.422. The fourth-order valence-corrected chi connectivity index (χ4v) is 3.90. The number of aryl methyl sites for hydroxylation is 3. The minimum Gasteiger partial charge on any atom is -0.507 e. The molecule has 1 atom stereocenters. The van der Waals surface area contributed by atoms with Gasteiger partial charge in [0, 0.05) is 6.54 Å². The number of benzene rings is 2. The number of Topliss-reactive ketones (excluding diaryl/α,β-unsaturated/α-hetero) is 1. The number of phenols is 1. The third-order valence-electron chi connectivity index (χ3n) is 5.80. The number of hydrogen-bond acceptors (Lipinski definition) is 5. The predicted octanol–water partition coefficient (Wildman–Crippen LogP) is 3.69. The van der Waals surface area contributed by atoms with E-state index in [0.717, 1.165) is 28.8 Å². The monoisotopic (exact) mass is 422 g/mol. The molecule has 1 saturated heterocycles. The van der Waals surface area contributed by atoms with Crippen LogP contribution in [0.1, 0.15) is 40.3 Å². The van der Waals surface area contributed by atoms with Crippen LogP contribution in [0.4, 0.5) is 0 Å². The van der Waals surface area contributed by atoms with Crippen LogP contribution in [0.5, 0.6) is 5.75 Å². The molecule has 2 N–H and O–H groups in total. The van der Waals surface area contributed by atoms with E-state index < -0.39 is 17.7 Å². The molecule has 6 heteroatoms. The van der Waals surface area contributed by atoms with E-state index in [0.29, 0.717) is 13.0 Å². The van der Waals surface area contributed by atoms with Gasteiger partial charge in [-0.15, -0.1) is 0 Å². The molecule has 0 radical (unpaired) electrons. The number of nitrogens with zero attached hydrogens (tertiary/aromatic N) is 2. The summed E-state index contributed by atoms with van der Waals surface area (Å²) in [4.78, 5) is 29.5. The van der Waals surface area contributed by atoms with E-state index in [2.05, 4.69) is 0 Å². The molecule has 2 aromatic carbocycles. The normalized spacial score (nSPS) is 18.3. The Morgan fingerprint density at radius 3 is 2.26 bits per heavy atom. The zero-order chi connectivity index (χ0) is 22.9. The maximum Gasteiger partial charge on any atom is 0.295 e. The van der Waals surface area contributed by atoms with Crippen molar-refractivity contribution in [2.75, 3.05) is 27.2 Å². The summed E-state index contributed by atoms with van der Waals surface area (Å²) in [7, 11) is 3.90. The number of rotatable bonds is 6. The lowest BCUT2D eigenvalue weighted by atomic mass is 9.93. The number of likely N-dealkylation sites (tertiary alicyclic amines) is 1. The number of phenolic OH excluding ortho intramolecular Hbond substituents is 1. The summed E-state index contributed by atoms with van der Waals surface area (Å²) >= 11 is 0. The first kappa shape index (κ1) is 22.6. The molecule has 2 aromatic rings. The van der Waals surface area contributed by atoms with Crippen molar-refractivity contribution in [2.24, 2.45) is 0 Å². The first-order valence-electron chi connectivity index (χ1n) is 10.4. The minimum absolute atomic E-state index is 0.0114. The van der Waals surface area contributed by atoms with Gasteiger partial charge in [0.2, 0.25) is 0 Å². The highest BCUT2D eigenvalue weighted by Gasteiger charge is 2.46. The van der Waals surface area contributed by atoms with Crippen LogP contribution >= 0.6 is 0 Å². The van der Waals surface area contributed by atoms with Crippen molar-refractivity contribution in [3.8, 4) is 5.75 Å². The molecule has 164 valence electrons. The molecule has 1 heterocycles. The lowest BCUT2D eigenvalue weighted by Gasteiger charge is -2.26. The highest BCUT2D eigenvalue weighted by Crippen LogP contribution is 2.41. The maximum absolute atomic E-state index is 13.0. The molecule has 0 bridgehead atoms. The van der Waals surface area contributed by atoms with E-state index in [1.807, 2.05) is 64.0 Å². The molecule has 1 aliphatic heterocycles. The second-order valence-corrected chi connectivity index (χ2v) is 8.51. The molecule has 3 rings (SSSR count). The van der Waals surface area contributed by atoms with Gasteiger partial charge in [0.25, 0.3) is 11.7 Å². The second-order valence-electron chi connectivity index (χ2n) is 8.51. The zero-order valence-electron chi connectivity index (χ0n) is 18.8. The van der Waals surface area contributed by atoms with Gasteiger partial charge in [-0.25, -0.2) is 0 Å². The Balaban J connectivity index is 2.15. The summed E-state index contributed by atoms with van der Waals surface area (Å²) in [5.41, 5.74) is 3.71. The van der Waals surface area contributed by atoms with Gasteiger partial charge in [-0.1, -0.05) is 29.8 Å². The van der Waals surface area contributed by atoms with Crippen molar-refractivity contribution < 1.29 is 19.8 Å². The topological polar surface area (TPSA) is 81.1 Å². The Kier molecular flexibility index (Phi) is 6.51. The molecule has 31 heavy (non-hydrogen) atoms. The van der Waals surface area contributed by atoms with E-state index in [4.69, 9.17) is 0 Å². The molecular formula is C25H30N2O4. The summed E-state index contributed by atoms with van der Waals surface area (Å²) in [6.07, 6.45) is 0.692. The molecule has 1 fully saturated rings. The molecule has 0 spiro atoms. The summed E-state index contributed by atoms with van der Waals surface area (Å²) in [5, 5.41) is 21.6. The number of ketones is 1. The number of aliphatic hydroxyl groups is 1. The Morgan fingerprint density at radius 2 is 1.65 bits per heavy atom. The third-order valence-corrected chi connectivity index (χ3v) is 5.80. The van der Waals surface area contributed by atoms with Crippen LogP contribution in [0.25, 0.3) is 5.76 Å². The van der Waals surface area contributed by atoms with Gasteiger partial charge in [-0.05, 0) is 76.7 Å². The molecular weight excluding hydrogens is 392 g/mol. The van der Waals surface area contributed by atoms with E-state index >= 15 is 0 Å². The van der Waals surface area contributed by atoms with Crippen molar-refractivity contribution in [1.82, 2.24) is 9.80 Å². The predicted molar refractivity (Wildman–Crippen MR) is 121 cm³/mol. The summed E-state index contributed by atoms with van der Waals surface area (Å²) in [6.45, 7) is 6.83. The fourth-order valence-electron chi connectivity index (χ4n) is 3.90. The molecule has 0 unspecified atom stereocenters. The van der Waals surface area contributed by atoms with Crippen LogP contribution in [-0.2, 0) is 9.59 Å². The van der Waals surface area contributed by atoms with Crippen LogP contribution < -0.4 is 0 Å². The standard InChI is InChI=1S/C25H30N2O4/c1-15-7-9-18(10-8-15)22-21(23(29)19-13-16(2)17(3)14-20(19)28)24(30)25(31)27(22)12-6-11-26(4)5/h7-10,13-14,22,28-29H,6,11-12H2,1-5H3/t22-/m1/s1. The average molecular weight is 423 g/mol. The van der Waals surface area contributed by atoms with Crippen LogP contribution in [0.3, 0.4) is 0 Å². The summed E-state index contributed by atoms with van der Waals surface area (Å²) in [6, 6.07) is 10.1. The average Bonchev–Trinajstić information content (AvgIpc) is 2.95. The van der Waals surface area contributed by atoms with Crippen LogP contribution in [0.2, 0.25) is 0 Å². The van der Waals surface area contributed by atoms with Crippen LogP contribution in [-0.4, -0.2) is 58.9 Å². The van der Waals surface area contributed by atoms with Crippen molar-refractivity contribution in [3.63, 3.8) is 0 Å². The molecule has 6 nitrogen and oxygen atoms in total. The minimum atomic E-state index is -0.731. The lowest BCUT2D eigenvalue weighted by Crippen LogP contribution is -2.32. The van der Waals surface area contributed by atoms with Crippen LogP contribution in [0.15, 0.2) is 42.0 Å². The first-order chi connectivity index (χ1) is 14.6. The number of aliphatic hydroxyl groups excluding tert-OH is 1. The van der Waals surface area contributed by atoms with Gasteiger partial charge in [-0.3, -0.25) is 9.59 Å². The van der Waals surface area contributed by atoms with E-state index in [-0.39, 0.29) is 22.6 Å². The van der Waals surface area contributed by atoms with Crippen LogP contribution in [0, 0.1) is 20.8 Å². The van der Waals surface area contributed by atoms with E-state index in [1.54, 1.807) is 12.1 Å². The first-order valence-corrected chi connectivity index (χ1v) is 10.4. The SMILES string of the molecule is Cc1ccc([C@@H]2C(=C(O)c3cc(C)c(C)cc3O)C(=O)C(=O)N2CCCN(C)C)cc1. The fraction of sp³-hybridized carbons (Fsp3) is 0.360. The van der Waals surface area contributed by atoms with Crippen molar-refractivity contribution in [3.05, 3.63) is 69.8 Å². The maximum atomic E-state index is 13.0. The van der Waals surface area contributed by atoms with E-state index in [9.17, 15) is 19.8 Å². The van der Waals surface area contributed by atoms with Gasteiger partial charge < -0.3 is 20.0 Å². The zero-order valence-corrected chi connectivity index (χ0v) is 18.8. The summed E-state index contributed by atoms with van der Waals surface area (Å²) in [5.74, 6) is -1.83. The highest BCUT2D eigenvalue weighted by molar-refractivity contribution is 6.46. The summed E-state index contributed by atoms with van der Waals surface area (Å²) < 4.78 is 0. The van der Waals surface area contributed by atoms with Crippen molar-refractivity contribution in [2.45, 2.75) is 33.2 Å². The third kappa shape index (κ3) is 4.49. The Hall–Kier alpha value is -3.12. The second kappa shape index (κ2) is 8.94. The smallest absolute Gasteiger partial charge is 0.295 e. The van der Waals surface area contributed by atoms with Crippen molar-refractivity contribution >= 4 is 17.4 Å². The molecule has 0 saturated carbocycles. The number of hydrogen-bond donors (Lipinski definition) is 2. The number of aromatic hydroxyl groups is 1. The number of amides is 1. The number of carbonyl (C=O) groups is 2. The van der Waals surface area contributed by atoms with Gasteiger partial charge >= 0.3 is 0 Å². The van der Waals surface area contributed by atoms with Gasteiger partial charge in [0.1, 0.15) is 11.5 Å². The Morgan fingerprint density at radius 1 is 1.03 bits per heavy atom. The van der Waals surface area contributed by atoms with Gasteiger partial charge in [0.15, 0.2) is 0 Å². The highest BCUT2D eigenvalue weighted by atomic mass is 16.3. The molecule has 1 aliphatic rings. The van der Waals surface area contributed by atoms with Gasteiger partial charge in [-0.2, -0.15) is 0 Å². The lowest BCUT2D eigenvalue weighted by molar-refractivity contribution is -0.139. The molecule has 0 aromatic heterocycles. The molecule has 1 amide bonds. The van der Waals surface area contributed by atoms with Crippen molar-refractivity contribution in [1.29, 1.82) is 0 Å². The Bertz CT molecular complexity index is 1040. The molecule has 0 aliphatic carbocycles.